The van der Waals surface area contributed by atoms with Crippen LogP contribution in [0.3, 0.4) is 0 Å². The quantitative estimate of drug-likeness (QED) is 0.684. The Bertz CT molecular complexity index is 813. The number of anilines is 1. The summed E-state index contributed by atoms with van der Waals surface area (Å²) in [6.07, 6.45) is 10.4. The lowest BCUT2D eigenvalue weighted by atomic mass is 9.95. The Balaban J connectivity index is 1.27. The summed E-state index contributed by atoms with van der Waals surface area (Å²) in [7, 11) is 1.83. The summed E-state index contributed by atoms with van der Waals surface area (Å²) in [4.78, 5) is 13.6. The maximum absolute atomic E-state index is 11.9. The molecule has 0 atom stereocenters. The van der Waals surface area contributed by atoms with Crippen molar-refractivity contribution >= 4 is 11.6 Å². The van der Waals surface area contributed by atoms with Crippen molar-refractivity contribution in [1.29, 1.82) is 0 Å². The lowest BCUT2D eigenvalue weighted by Gasteiger charge is -2.27. The zero-order valence-corrected chi connectivity index (χ0v) is 16.6. The van der Waals surface area contributed by atoms with Gasteiger partial charge < -0.3 is 9.64 Å². The number of benzene rings is 1. The first kappa shape index (κ1) is 18.9. The SMILES string of the molecule is CN1C(=O)CCc2c(OCCCCc3nnnn3C3CCCCC3)cccc21. The number of carbonyl (C=O) groups excluding carboxylic acids is 1. The van der Waals surface area contributed by atoms with E-state index in [1.807, 2.05) is 25.2 Å². The first-order chi connectivity index (χ1) is 13.7. The van der Waals surface area contributed by atoms with Crippen molar-refractivity contribution in [2.24, 2.45) is 0 Å². The molecule has 7 nitrogen and oxygen atoms in total. The van der Waals surface area contributed by atoms with Gasteiger partial charge in [0, 0.05) is 25.5 Å². The Morgan fingerprint density at radius 3 is 2.86 bits per heavy atom. The number of aromatic nitrogens is 4. The van der Waals surface area contributed by atoms with E-state index in [-0.39, 0.29) is 5.91 Å². The highest BCUT2D eigenvalue weighted by atomic mass is 16.5. The topological polar surface area (TPSA) is 73.1 Å². The number of fused-ring (bicyclic) bond motifs is 1. The summed E-state index contributed by atoms with van der Waals surface area (Å²) < 4.78 is 8.11. The molecule has 2 aliphatic rings. The van der Waals surface area contributed by atoms with Crippen LogP contribution in [-0.2, 0) is 17.6 Å². The number of unbranched alkanes of at least 4 members (excludes halogenated alkanes) is 1. The van der Waals surface area contributed by atoms with Gasteiger partial charge in [-0.15, -0.1) is 5.10 Å². The molecule has 150 valence electrons. The molecular weight excluding hydrogens is 354 g/mol. The molecule has 0 radical (unpaired) electrons. The molecule has 2 heterocycles. The second-order valence-corrected chi connectivity index (χ2v) is 7.84. The number of aryl methyl sites for hydroxylation is 1. The van der Waals surface area contributed by atoms with E-state index in [4.69, 9.17) is 4.74 Å². The molecule has 0 spiro atoms. The Labute approximate surface area is 166 Å². The van der Waals surface area contributed by atoms with Gasteiger partial charge in [-0.25, -0.2) is 4.68 Å². The van der Waals surface area contributed by atoms with Crippen LogP contribution >= 0.6 is 0 Å². The first-order valence-corrected chi connectivity index (χ1v) is 10.5. The van der Waals surface area contributed by atoms with Crippen molar-refractivity contribution in [3.63, 3.8) is 0 Å². The van der Waals surface area contributed by atoms with Gasteiger partial charge in [-0.05, 0) is 54.7 Å². The predicted molar refractivity (Wildman–Crippen MR) is 107 cm³/mol. The molecule has 1 aliphatic heterocycles. The molecule has 2 aromatic rings. The van der Waals surface area contributed by atoms with Gasteiger partial charge in [-0.1, -0.05) is 25.3 Å². The molecule has 0 N–H and O–H groups in total. The van der Waals surface area contributed by atoms with Gasteiger partial charge in [0.25, 0.3) is 0 Å². The summed E-state index contributed by atoms with van der Waals surface area (Å²) in [5.74, 6) is 2.08. The zero-order valence-electron chi connectivity index (χ0n) is 16.6. The van der Waals surface area contributed by atoms with Crippen LogP contribution in [0.4, 0.5) is 5.69 Å². The maximum atomic E-state index is 11.9. The van der Waals surface area contributed by atoms with Crippen LogP contribution in [-0.4, -0.2) is 39.8 Å². The van der Waals surface area contributed by atoms with Crippen molar-refractivity contribution in [1.82, 2.24) is 20.2 Å². The summed E-state index contributed by atoms with van der Waals surface area (Å²) in [5.41, 5.74) is 2.12. The zero-order chi connectivity index (χ0) is 19.3. The minimum atomic E-state index is 0.167. The summed E-state index contributed by atoms with van der Waals surface area (Å²) in [6, 6.07) is 6.43. The largest absolute Gasteiger partial charge is 0.493 e. The lowest BCUT2D eigenvalue weighted by Crippen LogP contribution is -2.31. The van der Waals surface area contributed by atoms with Crippen LogP contribution in [0.5, 0.6) is 5.75 Å². The fraction of sp³-hybridized carbons (Fsp3) is 0.619. The molecule has 28 heavy (non-hydrogen) atoms. The summed E-state index contributed by atoms with van der Waals surface area (Å²) in [5, 5.41) is 12.4. The molecule has 1 aromatic heterocycles. The van der Waals surface area contributed by atoms with Gasteiger partial charge in [-0.3, -0.25) is 4.79 Å². The standard InChI is InChI=1S/C21H29N5O2/c1-25-18-10-7-11-19(17(18)13-14-21(25)27)28-15-6-5-12-20-22-23-24-26(20)16-8-3-2-4-9-16/h7,10-11,16H,2-6,8-9,12-15H2,1H3. The molecule has 0 unspecified atom stereocenters. The summed E-state index contributed by atoms with van der Waals surface area (Å²) in [6.45, 7) is 0.666. The van der Waals surface area contributed by atoms with Crippen LogP contribution in [0.2, 0.25) is 0 Å². The van der Waals surface area contributed by atoms with Crippen molar-refractivity contribution in [3.8, 4) is 5.75 Å². The number of hydrogen-bond acceptors (Lipinski definition) is 5. The van der Waals surface area contributed by atoms with Gasteiger partial charge in [0.2, 0.25) is 5.91 Å². The lowest BCUT2D eigenvalue weighted by molar-refractivity contribution is -0.118. The number of rotatable bonds is 7. The van der Waals surface area contributed by atoms with Crippen molar-refractivity contribution in [3.05, 3.63) is 29.6 Å². The average molecular weight is 383 g/mol. The number of tetrazole rings is 1. The number of amides is 1. The smallest absolute Gasteiger partial charge is 0.227 e. The molecule has 4 rings (SSSR count). The fourth-order valence-corrected chi connectivity index (χ4v) is 4.34. The van der Waals surface area contributed by atoms with E-state index in [0.717, 1.165) is 48.5 Å². The Morgan fingerprint density at radius 1 is 1.14 bits per heavy atom. The number of nitrogens with zero attached hydrogens (tertiary/aromatic N) is 5. The summed E-state index contributed by atoms with van der Waals surface area (Å²) >= 11 is 0. The van der Waals surface area contributed by atoms with Gasteiger partial charge in [-0.2, -0.15) is 0 Å². The van der Waals surface area contributed by atoms with E-state index in [2.05, 4.69) is 20.2 Å². The molecule has 1 saturated carbocycles. The highest BCUT2D eigenvalue weighted by Crippen LogP contribution is 2.34. The van der Waals surface area contributed by atoms with Crippen LogP contribution in [0.15, 0.2) is 18.2 Å². The highest BCUT2D eigenvalue weighted by Gasteiger charge is 2.23. The van der Waals surface area contributed by atoms with Gasteiger partial charge >= 0.3 is 0 Å². The normalized spacial score (nSPS) is 17.6. The molecular formula is C21H29N5O2. The second-order valence-electron chi connectivity index (χ2n) is 7.84. The Kier molecular flexibility index (Phi) is 5.88. The van der Waals surface area contributed by atoms with Crippen molar-refractivity contribution < 1.29 is 9.53 Å². The molecule has 0 bridgehead atoms. The van der Waals surface area contributed by atoms with E-state index in [1.165, 1.54) is 32.1 Å². The third-order valence-corrected chi connectivity index (χ3v) is 5.97. The third kappa shape index (κ3) is 4.03. The molecule has 1 amide bonds. The van der Waals surface area contributed by atoms with E-state index in [9.17, 15) is 4.79 Å². The average Bonchev–Trinajstić information content (AvgIpc) is 3.20. The molecule has 0 saturated heterocycles. The van der Waals surface area contributed by atoms with Gasteiger partial charge in [0.15, 0.2) is 5.82 Å². The molecule has 1 aromatic carbocycles. The van der Waals surface area contributed by atoms with Gasteiger partial charge in [0.05, 0.1) is 18.3 Å². The van der Waals surface area contributed by atoms with E-state index < -0.39 is 0 Å². The monoisotopic (exact) mass is 383 g/mol. The van der Waals surface area contributed by atoms with Crippen LogP contribution in [0.1, 0.15) is 68.8 Å². The minimum absolute atomic E-state index is 0.167. The third-order valence-electron chi connectivity index (χ3n) is 5.97. The Morgan fingerprint density at radius 2 is 2.00 bits per heavy atom. The highest BCUT2D eigenvalue weighted by molar-refractivity contribution is 5.96. The van der Waals surface area contributed by atoms with Crippen LogP contribution in [0, 0.1) is 0 Å². The predicted octanol–water partition coefficient (Wildman–Crippen LogP) is 3.49. The van der Waals surface area contributed by atoms with Crippen LogP contribution in [0.25, 0.3) is 0 Å². The molecule has 7 heteroatoms. The number of ether oxygens (including phenoxy) is 1. The number of hydrogen-bond donors (Lipinski definition) is 0. The van der Waals surface area contributed by atoms with E-state index >= 15 is 0 Å². The fourth-order valence-electron chi connectivity index (χ4n) is 4.34. The second kappa shape index (κ2) is 8.71. The first-order valence-electron chi connectivity index (χ1n) is 10.5. The Hall–Kier alpha value is -2.44. The van der Waals surface area contributed by atoms with Crippen molar-refractivity contribution in [2.75, 3.05) is 18.6 Å². The van der Waals surface area contributed by atoms with Gasteiger partial charge in [0.1, 0.15) is 5.75 Å². The van der Waals surface area contributed by atoms with E-state index in [1.54, 1.807) is 4.90 Å². The minimum Gasteiger partial charge on any atom is -0.493 e. The maximum Gasteiger partial charge on any atom is 0.227 e. The van der Waals surface area contributed by atoms with Crippen molar-refractivity contribution in [2.45, 2.75) is 70.3 Å². The molecule has 1 fully saturated rings. The van der Waals surface area contributed by atoms with E-state index in [0.29, 0.717) is 19.1 Å². The molecule has 1 aliphatic carbocycles. The number of carbonyl (C=O) groups is 1. The van der Waals surface area contributed by atoms with Crippen LogP contribution < -0.4 is 9.64 Å².